The van der Waals surface area contributed by atoms with Crippen molar-refractivity contribution < 1.29 is 0 Å². The molecular weight excluding hydrogens is 300 g/mol. The molecule has 1 N–H and O–H groups in total. The summed E-state index contributed by atoms with van der Waals surface area (Å²) in [5.74, 6) is 1.56. The number of hydrogen-bond donors (Lipinski definition) is 1. The first kappa shape index (κ1) is 14.1. The lowest BCUT2D eigenvalue weighted by Gasteiger charge is -2.09. The summed E-state index contributed by atoms with van der Waals surface area (Å²) < 4.78 is 1.03. The first-order valence-electron chi connectivity index (χ1n) is 6.52. The molecule has 1 aromatic carbocycles. The van der Waals surface area contributed by atoms with Gasteiger partial charge in [0.15, 0.2) is 0 Å². The normalized spacial score (nSPS) is 10.8. The number of hydrogen-bond acceptors (Lipinski definition) is 2. The van der Waals surface area contributed by atoms with Gasteiger partial charge in [0.05, 0.1) is 0 Å². The van der Waals surface area contributed by atoms with E-state index in [-0.39, 0.29) is 0 Å². The van der Waals surface area contributed by atoms with Crippen LogP contribution in [0.2, 0.25) is 0 Å². The molecule has 19 heavy (non-hydrogen) atoms. The van der Waals surface area contributed by atoms with E-state index in [0.29, 0.717) is 5.92 Å². The van der Waals surface area contributed by atoms with E-state index < -0.39 is 0 Å². The number of benzene rings is 1. The smallest absolute Gasteiger partial charge is 0.130 e. The van der Waals surface area contributed by atoms with Crippen LogP contribution < -0.4 is 5.32 Å². The molecule has 0 radical (unpaired) electrons. The number of halogens is 1. The number of rotatable bonds is 4. The van der Waals surface area contributed by atoms with Gasteiger partial charge in [0.2, 0.25) is 0 Å². The summed E-state index contributed by atoms with van der Waals surface area (Å²) in [4.78, 5) is 4.35. The van der Waals surface area contributed by atoms with Crippen LogP contribution in [0.4, 0.5) is 11.5 Å². The lowest BCUT2D eigenvalue weighted by Crippen LogP contribution is -1.96. The zero-order valence-corrected chi connectivity index (χ0v) is 13.2. The van der Waals surface area contributed by atoms with E-state index in [0.717, 1.165) is 22.4 Å². The zero-order chi connectivity index (χ0) is 13.8. The lowest BCUT2D eigenvalue weighted by atomic mass is 10.0. The van der Waals surface area contributed by atoms with E-state index in [1.54, 1.807) is 0 Å². The third-order valence-electron chi connectivity index (χ3n) is 2.92. The summed E-state index contributed by atoms with van der Waals surface area (Å²) >= 11 is 3.46. The molecule has 1 heterocycles. The molecular formula is C16H19BrN2. The molecule has 0 aliphatic rings. The van der Waals surface area contributed by atoms with Gasteiger partial charge in [-0.1, -0.05) is 26.0 Å². The number of aryl methyl sites for hydroxylation is 1. The van der Waals surface area contributed by atoms with Crippen LogP contribution in [0.3, 0.4) is 0 Å². The molecule has 0 fully saturated rings. The average molecular weight is 319 g/mol. The second kappa shape index (κ2) is 6.20. The highest BCUT2D eigenvalue weighted by atomic mass is 79.9. The predicted molar refractivity (Wildman–Crippen MR) is 84.9 cm³/mol. The van der Waals surface area contributed by atoms with Gasteiger partial charge >= 0.3 is 0 Å². The fraction of sp³-hybridized carbons (Fsp3) is 0.312. The number of pyridine rings is 1. The molecule has 0 atom stereocenters. The highest BCUT2D eigenvalue weighted by Crippen LogP contribution is 2.21. The Morgan fingerprint density at radius 3 is 2.47 bits per heavy atom. The quantitative estimate of drug-likeness (QED) is 0.848. The summed E-state index contributed by atoms with van der Waals surface area (Å²) in [5, 5.41) is 3.32. The third kappa shape index (κ3) is 4.06. The van der Waals surface area contributed by atoms with Gasteiger partial charge in [-0.15, -0.1) is 0 Å². The lowest BCUT2D eigenvalue weighted by molar-refractivity contribution is 0.647. The van der Waals surface area contributed by atoms with Gasteiger partial charge in [0.1, 0.15) is 5.82 Å². The van der Waals surface area contributed by atoms with Crippen LogP contribution in [0.1, 0.15) is 25.0 Å². The van der Waals surface area contributed by atoms with Crippen molar-refractivity contribution in [2.75, 3.05) is 5.32 Å². The fourth-order valence-electron chi connectivity index (χ4n) is 1.95. The standard InChI is InChI=1S/C16H19BrN2/c1-11(2)8-13-4-6-14(7-5-13)19-16-9-12(3)15(17)10-18-16/h4-7,9-11H,8H2,1-3H3,(H,18,19). The van der Waals surface area contributed by atoms with E-state index in [9.17, 15) is 0 Å². The second-order valence-electron chi connectivity index (χ2n) is 5.24. The molecule has 0 spiro atoms. The Morgan fingerprint density at radius 1 is 1.21 bits per heavy atom. The molecule has 100 valence electrons. The van der Waals surface area contributed by atoms with Crippen molar-refractivity contribution in [2.45, 2.75) is 27.2 Å². The highest BCUT2D eigenvalue weighted by molar-refractivity contribution is 9.10. The molecule has 0 saturated heterocycles. The van der Waals surface area contributed by atoms with Crippen LogP contribution in [0.5, 0.6) is 0 Å². The van der Waals surface area contributed by atoms with E-state index >= 15 is 0 Å². The topological polar surface area (TPSA) is 24.9 Å². The van der Waals surface area contributed by atoms with Gasteiger partial charge < -0.3 is 5.32 Å². The zero-order valence-electron chi connectivity index (χ0n) is 11.6. The van der Waals surface area contributed by atoms with Crippen molar-refractivity contribution in [1.82, 2.24) is 4.98 Å². The minimum atomic E-state index is 0.689. The molecule has 0 unspecified atom stereocenters. The first-order valence-corrected chi connectivity index (χ1v) is 7.32. The maximum atomic E-state index is 4.35. The van der Waals surface area contributed by atoms with E-state index in [1.807, 2.05) is 12.3 Å². The van der Waals surface area contributed by atoms with Gasteiger partial charge in [0, 0.05) is 16.4 Å². The maximum Gasteiger partial charge on any atom is 0.130 e. The van der Waals surface area contributed by atoms with Crippen molar-refractivity contribution in [3.63, 3.8) is 0 Å². The van der Waals surface area contributed by atoms with Gasteiger partial charge in [-0.25, -0.2) is 4.98 Å². The average Bonchev–Trinajstić information content (AvgIpc) is 2.36. The van der Waals surface area contributed by atoms with Crippen LogP contribution in [0.15, 0.2) is 41.0 Å². The van der Waals surface area contributed by atoms with Crippen molar-refractivity contribution in [1.29, 1.82) is 0 Å². The monoisotopic (exact) mass is 318 g/mol. The van der Waals surface area contributed by atoms with Crippen LogP contribution in [0.25, 0.3) is 0 Å². The molecule has 2 aromatic rings. The third-order valence-corrected chi connectivity index (χ3v) is 3.75. The predicted octanol–water partition coefficient (Wildman–Crippen LogP) is 5.09. The number of anilines is 2. The Kier molecular flexibility index (Phi) is 4.59. The van der Waals surface area contributed by atoms with Crippen molar-refractivity contribution >= 4 is 27.4 Å². The van der Waals surface area contributed by atoms with E-state index in [4.69, 9.17) is 0 Å². The molecule has 0 saturated carbocycles. The minimum Gasteiger partial charge on any atom is -0.340 e. The Labute approximate surface area is 123 Å². The molecule has 0 amide bonds. The van der Waals surface area contributed by atoms with Gasteiger partial charge in [-0.3, -0.25) is 0 Å². The van der Waals surface area contributed by atoms with Crippen LogP contribution in [-0.2, 0) is 6.42 Å². The van der Waals surface area contributed by atoms with Crippen LogP contribution in [0, 0.1) is 12.8 Å². The number of nitrogens with one attached hydrogen (secondary N) is 1. The van der Waals surface area contributed by atoms with Crippen molar-refractivity contribution in [3.8, 4) is 0 Å². The Balaban J connectivity index is 2.08. The van der Waals surface area contributed by atoms with Gasteiger partial charge in [-0.05, 0) is 64.5 Å². The van der Waals surface area contributed by atoms with E-state index in [2.05, 4.69) is 71.3 Å². The molecule has 0 aliphatic carbocycles. The van der Waals surface area contributed by atoms with Crippen LogP contribution >= 0.6 is 15.9 Å². The molecule has 3 heteroatoms. The highest BCUT2D eigenvalue weighted by Gasteiger charge is 2.01. The molecule has 0 bridgehead atoms. The Morgan fingerprint density at radius 2 is 1.89 bits per heavy atom. The van der Waals surface area contributed by atoms with E-state index in [1.165, 1.54) is 11.1 Å². The SMILES string of the molecule is Cc1cc(Nc2ccc(CC(C)C)cc2)ncc1Br. The molecule has 2 rings (SSSR count). The van der Waals surface area contributed by atoms with Crippen LogP contribution in [-0.4, -0.2) is 4.98 Å². The minimum absolute atomic E-state index is 0.689. The summed E-state index contributed by atoms with van der Waals surface area (Å²) in [6, 6.07) is 10.6. The van der Waals surface area contributed by atoms with Crippen molar-refractivity contribution in [3.05, 3.63) is 52.1 Å². The fourth-order valence-corrected chi connectivity index (χ4v) is 2.17. The summed E-state index contributed by atoms with van der Waals surface area (Å²) in [7, 11) is 0. The summed E-state index contributed by atoms with van der Waals surface area (Å²) in [6.45, 7) is 6.53. The van der Waals surface area contributed by atoms with Gasteiger partial charge in [-0.2, -0.15) is 0 Å². The Hall–Kier alpha value is -1.35. The largest absolute Gasteiger partial charge is 0.340 e. The summed E-state index contributed by atoms with van der Waals surface area (Å²) in [5.41, 5.74) is 3.62. The second-order valence-corrected chi connectivity index (χ2v) is 6.09. The molecule has 0 aliphatic heterocycles. The summed E-state index contributed by atoms with van der Waals surface area (Å²) in [6.07, 6.45) is 2.95. The maximum absolute atomic E-state index is 4.35. The van der Waals surface area contributed by atoms with Crippen molar-refractivity contribution in [2.24, 2.45) is 5.92 Å². The number of aromatic nitrogens is 1. The number of nitrogens with zero attached hydrogens (tertiary/aromatic N) is 1. The van der Waals surface area contributed by atoms with Gasteiger partial charge in [0.25, 0.3) is 0 Å². The first-order chi connectivity index (χ1) is 9.04. The molecule has 1 aromatic heterocycles. The Bertz CT molecular complexity index is 547. The molecule has 2 nitrogen and oxygen atoms in total.